The summed E-state index contributed by atoms with van der Waals surface area (Å²) >= 11 is 0. The fourth-order valence-electron chi connectivity index (χ4n) is 2.12. The van der Waals surface area contributed by atoms with Crippen LogP contribution in [0.25, 0.3) is 11.0 Å². The molecule has 0 amide bonds. The quantitative estimate of drug-likeness (QED) is 0.905. The molecule has 1 aromatic heterocycles. The van der Waals surface area contributed by atoms with Crippen molar-refractivity contribution in [1.82, 2.24) is 14.5 Å². The zero-order valence-corrected chi connectivity index (χ0v) is 11.0. The van der Waals surface area contributed by atoms with Gasteiger partial charge in [-0.2, -0.15) is 0 Å². The highest BCUT2D eigenvalue weighted by Crippen LogP contribution is 2.25. The second-order valence-corrected chi connectivity index (χ2v) is 4.91. The fourth-order valence-corrected chi connectivity index (χ4v) is 2.12. The van der Waals surface area contributed by atoms with Crippen LogP contribution in [0.4, 0.5) is 10.3 Å². The van der Waals surface area contributed by atoms with E-state index < -0.39 is 0 Å². The summed E-state index contributed by atoms with van der Waals surface area (Å²) in [6.07, 6.45) is 0.944. The Labute approximate surface area is 106 Å². The average Bonchev–Trinajstić information content (AvgIpc) is 2.61. The van der Waals surface area contributed by atoms with Gasteiger partial charge < -0.3 is 15.2 Å². The van der Waals surface area contributed by atoms with Gasteiger partial charge in [0, 0.05) is 6.04 Å². The lowest BCUT2D eigenvalue weighted by atomic mass is 10.2. The smallest absolute Gasteiger partial charge is 0.201 e. The van der Waals surface area contributed by atoms with E-state index in [0.29, 0.717) is 5.95 Å². The second kappa shape index (κ2) is 4.94. The molecule has 0 saturated heterocycles. The summed E-state index contributed by atoms with van der Waals surface area (Å²) in [4.78, 5) is 6.38. The standard InChI is InChI=1S/C13H19FN4/c1-9(6-7-17(2)3)18-12-8-10(14)4-5-11(12)16-13(18)15/h4-5,8-9H,6-7H2,1-3H3,(H2,15,16). The molecule has 0 aliphatic rings. The van der Waals surface area contributed by atoms with Crippen LogP contribution >= 0.6 is 0 Å². The minimum absolute atomic E-state index is 0.194. The molecule has 1 heterocycles. The summed E-state index contributed by atoms with van der Waals surface area (Å²) in [5, 5.41) is 0. The van der Waals surface area contributed by atoms with Crippen molar-refractivity contribution in [3.8, 4) is 0 Å². The van der Waals surface area contributed by atoms with Crippen molar-refractivity contribution in [2.75, 3.05) is 26.4 Å². The van der Waals surface area contributed by atoms with Crippen molar-refractivity contribution in [3.05, 3.63) is 24.0 Å². The normalized spacial score (nSPS) is 13.4. The minimum Gasteiger partial charge on any atom is -0.369 e. The van der Waals surface area contributed by atoms with Crippen molar-refractivity contribution in [2.24, 2.45) is 0 Å². The van der Waals surface area contributed by atoms with Crippen LogP contribution in [0.3, 0.4) is 0 Å². The highest BCUT2D eigenvalue weighted by atomic mass is 19.1. The predicted octanol–water partition coefficient (Wildman–Crippen LogP) is 2.27. The number of nitrogens with zero attached hydrogens (tertiary/aromatic N) is 3. The molecule has 0 bridgehead atoms. The Bertz CT molecular complexity index is 547. The van der Waals surface area contributed by atoms with Gasteiger partial charge in [-0.05, 0) is 52.2 Å². The first-order valence-corrected chi connectivity index (χ1v) is 6.06. The Balaban J connectivity index is 2.36. The van der Waals surface area contributed by atoms with Crippen LogP contribution in [0, 0.1) is 5.82 Å². The number of hydrogen-bond donors (Lipinski definition) is 1. The van der Waals surface area contributed by atoms with Crippen molar-refractivity contribution in [1.29, 1.82) is 0 Å². The maximum atomic E-state index is 13.3. The van der Waals surface area contributed by atoms with E-state index in [2.05, 4.69) is 16.8 Å². The first-order valence-electron chi connectivity index (χ1n) is 6.06. The predicted molar refractivity (Wildman–Crippen MR) is 72.0 cm³/mol. The SMILES string of the molecule is CC(CCN(C)C)n1c(N)nc2ccc(F)cc21. The summed E-state index contributed by atoms with van der Waals surface area (Å²) in [6.45, 7) is 3.03. The van der Waals surface area contributed by atoms with Crippen LogP contribution in [-0.4, -0.2) is 35.1 Å². The highest BCUT2D eigenvalue weighted by Gasteiger charge is 2.14. The maximum absolute atomic E-state index is 13.3. The van der Waals surface area contributed by atoms with Gasteiger partial charge in [0.2, 0.25) is 5.95 Å². The second-order valence-electron chi connectivity index (χ2n) is 4.91. The summed E-state index contributed by atoms with van der Waals surface area (Å²) in [7, 11) is 4.06. The zero-order chi connectivity index (χ0) is 13.3. The number of nitrogen functional groups attached to an aromatic ring is 1. The van der Waals surface area contributed by atoms with Crippen LogP contribution in [0.5, 0.6) is 0 Å². The molecule has 0 saturated carbocycles. The third kappa shape index (κ3) is 2.46. The van der Waals surface area contributed by atoms with Crippen LogP contribution in [0.15, 0.2) is 18.2 Å². The van der Waals surface area contributed by atoms with Gasteiger partial charge in [0.1, 0.15) is 5.82 Å². The van der Waals surface area contributed by atoms with Gasteiger partial charge in [-0.25, -0.2) is 9.37 Å². The fraction of sp³-hybridized carbons (Fsp3) is 0.462. The molecule has 2 N–H and O–H groups in total. The van der Waals surface area contributed by atoms with Crippen LogP contribution in [-0.2, 0) is 0 Å². The molecule has 2 rings (SSSR count). The van der Waals surface area contributed by atoms with E-state index in [1.807, 2.05) is 18.7 Å². The number of halogens is 1. The highest BCUT2D eigenvalue weighted by molar-refractivity contribution is 5.78. The van der Waals surface area contributed by atoms with Crippen LogP contribution in [0.1, 0.15) is 19.4 Å². The Hall–Kier alpha value is -1.62. The third-order valence-corrected chi connectivity index (χ3v) is 3.11. The maximum Gasteiger partial charge on any atom is 0.201 e. The van der Waals surface area contributed by atoms with E-state index in [0.717, 1.165) is 24.0 Å². The lowest BCUT2D eigenvalue weighted by Gasteiger charge is -2.18. The number of rotatable bonds is 4. The average molecular weight is 250 g/mol. The first-order chi connectivity index (χ1) is 8.49. The van der Waals surface area contributed by atoms with Crippen molar-refractivity contribution in [2.45, 2.75) is 19.4 Å². The number of fused-ring (bicyclic) bond motifs is 1. The number of imidazole rings is 1. The zero-order valence-electron chi connectivity index (χ0n) is 11.0. The van der Waals surface area contributed by atoms with Crippen molar-refractivity contribution in [3.63, 3.8) is 0 Å². The Morgan fingerprint density at radius 1 is 1.44 bits per heavy atom. The molecule has 0 spiro atoms. The molecular formula is C13H19FN4. The number of benzene rings is 1. The van der Waals surface area contributed by atoms with Gasteiger partial charge in [-0.3, -0.25) is 0 Å². The Kier molecular flexibility index (Phi) is 3.52. The van der Waals surface area contributed by atoms with Gasteiger partial charge in [-0.15, -0.1) is 0 Å². The van der Waals surface area contributed by atoms with Gasteiger partial charge in [-0.1, -0.05) is 0 Å². The Morgan fingerprint density at radius 2 is 2.17 bits per heavy atom. The summed E-state index contributed by atoms with van der Waals surface area (Å²) in [5.41, 5.74) is 7.43. The summed E-state index contributed by atoms with van der Waals surface area (Å²) < 4.78 is 15.2. The lowest BCUT2D eigenvalue weighted by Crippen LogP contribution is -2.18. The lowest BCUT2D eigenvalue weighted by molar-refractivity contribution is 0.362. The molecule has 1 aromatic carbocycles. The third-order valence-electron chi connectivity index (χ3n) is 3.11. The first kappa shape index (κ1) is 12.8. The number of aromatic nitrogens is 2. The molecule has 1 atom stereocenters. The monoisotopic (exact) mass is 250 g/mol. The van der Waals surface area contributed by atoms with Crippen molar-refractivity contribution < 1.29 is 4.39 Å². The molecule has 0 radical (unpaired) electrons. The number of hydrogen-bond acceptors (Lipinski definition) is 3. The minimum atomic E-state index is -0.261. The molecular weight excluding hydrogens is 231 g/mol. The topological polar surface area (TPSA) is 47.1 Å². The van der Waals surface area contributed by atoms with E-state index in [-0.39, 0.29) is 11.9 Å². The van der Waals surface area contributed by atoms with Gasteiger partial charge in [0.25, 0.3) is 0 Å². The largest absolute Gasteiger partial charge is 0.369 e. The molecule has 0 aliphatic carbocycles. The van der Waals surface area contributed by atoms with E-state index in [9.17, 15) is 4.39 Å². The van der Waals surface area contributed by atoms with Gasteiger partial charge >= 0.3 is 0 Å². The molecule has 98 valence electrons. The van der Waals surface area contributed by atoms with Crippen molar-refractivity contribution >= 4 is 17.0 Å². The van der Waals surface area contributed by atoms with E-state index in [1.165, 1.54) is 12.1 Å². The van der Waals surface area contributed by atoms with Crippen LogP contribution < -0.4 is 5.73 Å². The van der Waals surface area contributed by atoms with E-state index >= 15 is 0 Å². The van der Waals surface area contributed by atoms with Gasteiger partial charge in [0.15, 0.2) is 0 Å². The molecule has 18 heavy (non-hydrogen) atoms. The number of nitrogens with two attached hydrogens (primary N) is 1. The molecule has 1 unspecified atom stereocenters. The molecule has 0 aliphatic heterocycles. The molecule has 5 heteroatoms. The molecule has 4 nitrogen and oxygen atoms in total. The van der Waals surface area contributed by atoms with E-state index in [1.54, 1.807) is 6.07 Å². The summed E-state index contributed by atoms with van der Waals surface area (Å²) in [6, 6.07) is 4.75. The summed E-state index contributed by atoms with van der Waals surface area (Å²) in [5.74, 6) is 0.185. The molecule has 0 fully saturated rings. The molecule has 2 aromatic rings. The van der Waals surface area contributed by atoms with E-state index in [4.69, 9.17) is 5.73 Å². The number of anilines is 1. The van der Waals surface area contributed by atoms with Crippen LogP contribution in [0.2, 0.25) is 0 Å². The van der Waals surface area contributed by atoms with Gasteiger partial charge in [0.05, 0.1) is 11.0 Å². The Morgan fingerprint density at radius 3 is 2.83 bits per heavy atom.